The van der Waals surface area contributed by atoms with E-state index in [0.29, 0.717) is 6.04 Å². The normalized spacial score (nSPS) is 24.6. The van der Waals surface area contributed by atoms with E-state index in [1.54, 1.807) is 0 Å². The molecule has 1 unspecified atom stereocenters. The molecule has 1 heterocycles. The minimum absolute atomic E-state index is 0. The summed E-state index contributed by atoms with van der Waals surface area (Å²) in [6, 6.07) is 8.82. The molecule has 0 radical (unpaired) electrons. The standard InChI is InChI=1S/C14H19ClN2.ClH/c15-13-3-1-2-12(8-13)14-9-16-6-7-17(14)10-11-4-5-11;/h1-3,8,11,14,16H,4-7,9-10H2;1H. The van der Waals surface area contributed by atoms with E-state index in [9.17, 15) is 0 Å². The van der Waals surface area contributed by atoms with Crippen molar-refractivity contribution in [3.8, 4) is 0 Å². The molecule has 2 fully saturated rings. The van der Waals surface area contributed by atoms with Crippen LogP contribution >= 0.6 is 24.0 Å². The van der Waals surface area contributed by atoms with Crippen LogP contribution in [0, 0.1) is 5.92 Å². The number of nitrogens with one attached hydrogen (secondary N) is 1. The van der Waals surface area contributed by atoms with Crippen LogP contribution in [0.15, 0.2) is 24.3 Å². The van der Waals surface area contributed by atoms with Crippen molar-refractivity contribution in [3.05, 3.63) is 34.9 Å². The van der Waals surface area contributed by atoms with Crippen molar-refractivity contribution < 1.29 is 0 Å². The molecule has 1 saturated carbocycles. The minimum atomic E-state index is 0. The van der Waals surface area contributed by atoms with Crippen LogP contribution < -0.4 is 5.32 Å². The summed E-state index contributed by atoms with van der Waals surface area (Å²) >= 11 is 6.09. The largest absolute Gasteiger partial charge is 0.314 e. The molecule has 0 bridgehead atoms. The first-order valence-electron chi connectivity index (χ1n) is 6.53. The monoisotopic (exact) mass is 286 g/mol. The van der Waals surface area contributed by atoms with E-state index in [-0.39, 0.29) is 12.4 Å². The maximum Gasteiger partial charge on any atom is 0.0473 e. The first-order valence-corrected chi connectivity index (χ1v) is 6.91. The van der Waals surface area contributed by atoms with E-state index in [1.807, 2.05) is 6.07 Å². The van der Waals surface area contributed by atoms with Crippen LogP contribution in [0.4, 0.5) is 0 Å². The predicted octanol–water partition coefficient (Wildman–Crippen LogP) is 3.12. The summed E-state index contributed by atoms with van der Waals surface area (Å²) < 4.78 is 0. The average molecular weight is 287 g/mol. The fourth-order valence-corrected chi connectivity index (χ4v) is 2.84. The molecule has 1 saturated heterocycles. The van der Waals surface area contributed by atoms with Gasteiger partial charge in [0.2, 0.25) is 0 Å². The SMILES string of the molecule is Cl.Clc1cccc(C2CNCCN2CC2CC2)c1. The van der Waals surface area contributed by atoms with Crippen LogP contribution in [0.5, 0.6) is 0 Å². The Morgan fingerprint density at radius 2 is 2.17 bits per heavy atom. The molecule has 0 amide bonds. The van der Waals surface area contributed by atoms with Crippen LogP contribution in [0.25, 0.3) is 0 Å². The summed E-state index contributed by atoms with van der Waals surface area (Å²) in [7, 11) is 0. The topological polar surface area (TPSA) is 15.3 Å². The molecule has 0 spiro atoms. The second-order valence-corrected chi connectivity index (χ2v) is 5.65. The summed E-state index contributed by atoms with van der Waals surface area (Å²) in [5, 5.41) is 4.34. The fourth-order valence-electron chi connectivity index (χ4n) is 2.64. The molecule has 1 aromatic carbocycles. The number of hydrogen-bond acceptors (Lipinski definition) is 2. The smallest absolute Gasteiger partial charge is 0.0473 e. The molecule has 3 rings (SSSR count). The number of hydrogen-bond donors (Lipinski definition) is 1. The molecule has 1 aromatic rings. The van der Waals surface area contributed by atoms with E-state index in [1.165, 1.54) is 24.9 Å². The number of halogens is 2. The van der Waals surface area contributed by atoms with Gasteiger partial charge in [0.05, 0.1) is 0 Å². The van der Waals surface area contributed by atoms with Crippen molar-refractivity contribution in [1.29, 1.82) is 0 Å². The third-order valence-electron chi connectivity index (χ3n) is 3.78. The maximum absolute atomic E-state index is 6.09. The Hall–Kier alpha value is -0.280. The Balaban J connectivity index is 0.00000120. The van der Waals surface area contributed by atoms with Gasteiger partial charge in [0.25, 0.3) is 0 Å². The zero-order chi connectivity index (χ0) is 11.7. The molecule has 1 N–H and O–H groups in total. The Kier molecular flexibility index (Phi) is 4.91. The highest BCUT2D eigenvalue weighted by Gasteiger charge is 2.30. The Morgan fingerprint density at radius 1 is 1.33 bits per heavy atom. The first kappa shape index (κ1) is 14.1. The van der Waals surface area contributed by atoms with Gasteiger partial charge in [-0.2, -0.15) is 0 Å². The van der Waals surface area contributed by atoms with Crippen LogP contribution in [-0.4, -0.2) is 31.1 Å². The van der Waals surface area contributed by atoms with Crippen molar-refractivity contribution in [2.75, 3.05) is 26.2 Å². The molecule has 18 heavy (non-hydrogen) atoms. The molecule has 100 valence electrons. The number of piperazine rings is 1. The van der Waals surface area contributed by atoms with Gasteiger partial charge in [-0.3, -0.25) is 4.90 Å². The third-order valence-corrected chi connectivity index (χ3v) is 4.01. The molecule has 2 nitrogen and oxygen atoms in total. The zero-order valence-corrected chi connectivity index (χ0v) is 12.0. The highest BCUT2D eigenvalue weighted by molar-refractivity contribution is 6.30. The van der Waals surface area contributed by atoms with E-state index in [0.717, 1.165) is 30.6 Å². The lowest BCUT2D eigenvalue weighted by Crippen LogP contribution is -2.46. The highest BCUT2D eigenvalue weighted by atomic mass is 35.5. The summed E-state index contributed by atoms with van der Waals surface area (Å²) in [5.74, 6) is 0.954. The van der Waals surface area contributed by atoms with Gasteiger partial charge in [0.1, 0.15) is 0 Å². The van der Waals surface area contributed by atoms with Crippen LogP contribution in [0.1, 0.15) is 24.4 Å². The lowest BCUT2D eigenvalue weighted by Gasteiger charge is -2.36. The molecule has 1 aliphatic heterocycles. The van der Waals surface area contributed by atoms with E-state index in [4.69, 9.17) is 11.6 Å². The molecule has 0 aromatic heterocycles. The van der Waals surface area contributed by atoms with Crippen molar-refractivity contribution in [3.63, 3.8) is 0 Å². The summed E-state index contributed by atoms with van der Waals surface area (Å²) in [5.41, 5.74) is 1.35. The van der Waals surface area contributed by atoms with Crippen molar-refractivity contribution >= 4 is 24.0 Å². The fraction of sp³-hybridized carbons (Fsp3) is 0.571. The molecular formula is C14H20Cl2N2. The lowest BCUT2D eigenvalue weighted by atomic mass is 10.0. The molecule has 1 aliphatic carbocycles. The summed E-state index contributed by atoms with van der Waals surface area (Å²) in [4.78, 5) is 2.62. The average Bonchev–Trinajstić information content (AvgIpc) is 3.14. The summed E-state index contributed by atoms with van der Waals surface area (Å²) in [6.45, 7) is 4.59. The maximum atomic E-state index is 6.09. The van der Waals surface area contributed by atoms with Gasteiger partial charge in [0.15, 0.2) is 0 Å². The van der Waals surface area contributed by atoms with Crippen LogP contribution in [0.3, 0.4) is 0 Å². The van der Waals surface area contributed by atoms with Gasteiger partial charge in [-0.25, -0.2) is 0 Å². The van der Waals surface area contributed by atoms with E-state index >= 15 is 0 Å². The first-order chi connectivity index (χ1) is 8.33. The second kappa shape index (κ2) is 6.25. The van der Waals surface area contributed by atoms with Gasteiger partial charge in [-0.1, -0.05) is 23.7 Å². The quantitative estimate of drug-likeness (QED) is 0.919. The zero-order valence-electron chi connectivity index (χ0n) is 10.4. The van der Waals surface area contributed by atoms with Crippen LogP contribution in [0.2, 0.25) is 5.02 Å². The molecule has 4 heteroatoms. The van der Waals surface area contributed by atoms with E-state index in [2.05, 4.69) is 28.4 Å². The van der Waals surface area contributed by atoms with Crippen molar-refractivity contribution in [1.82, 2.24) is 10.2 Å². The van der Waals surface area contributed by atoms with Crippen molar-refractivity contribution in [2.24, 2.45) is 5.92 Å². The third kappa shape index (κ3) is 3.39. The van der Waals surface area contributed by atoms with Crippen molar-refractivity contribution in [2.45, 2.75) is 18.9 Å². The highest BCUT2D eigenvalue weighted by Crippen LogP contribution is 2.33. The molecular weight excluding hydrogens is 267 g/mol. The number of nitrogens with zero attached hydrogens (tertiary/aromatic N) is 1. The van der Waals surface area contributed by atoms with E-state index < -0.39 is 0 Å². The Labute approximate surface area is 120 Å². The second-order valence-electron chi connectivity index (χ2n) is 5.21. The summed E-state index contributed by atoms with van der Waals surface area (Å²) in [6.07, 6.45) is 2.85. The van der Waals surface area contributed by atoms with Gasteiger partial charge in [0, 0.05) is 37.2 Å². The van der Waals surface area contributed by atoms with Gasteiger partial charge in [-0.05, 0) is 36.5 Å². The lowest BCUT2D eigenvalue weighted by molar-refractivity contribution is 0.155. The number of benzene rings is 1. The Morgan fingerprint density at radius 3 is 2.89 bits per heavy atom. The number of rotatable bonds is 3. The minimum Gasteiger partial charge on any atom is -0.314 e. The molecule has 1 atom stereocenters. The van der Waals surface area contributed by atoms with Gasteiger partial charge < -0.3 is 5.32 Å². The molecule has 2 aliphatic rings. The van der Waals surface area contributed by atoms with Gasteiger partial charge in [-0.15, -0.1) is 12.4 Å². The Bertz CT molecular complexity index is 393. The van der Waals surface area contributed by atoms with Gasteiger partial charge >= 0.3 is 0 Å². The van der Waals surface area contributed by atoms with Crippen LogP contribution in [-0.2, 0) is 0 Å². The predicted molar refractivity (Wildman–Crippen MR) is 78.6 cm³/mol.